The normalized spacial score (nSPS) is 13.9. The first-order chi connectivity index (χ1) is 12.8. The lowest BCUT2D eigenvalue weighted by molar-refractivity contribution is -0.134. The highest BCUT2D eigenvalue weighted by Gasteiger charge is 2.22. The van der Waals surface area contributed by atoms with Crippen molar-refractivity contribution in [3.63, 3.8) is 0 Å². The van der Waals surface area contributed by atoms with Gasteiger partial charge in [0.2, 0.25) is 10.0 Å². The molecule has 0 radical (unpaired) electrons. The largest absolute Gasteiger partial charge is 0.484 e. The van der Waals surface area contributed by atoms with Crippen LogP contribution in [0.4, 0.5) is 4.39 Å². The smallest absolute Gasteiger partial charge is 0.260 e. The molecule has 2 heterocycles. The monoisotopic (exact) mass is 393 g/mol. The number of sulfonamides is 1. The highest BCUT2D eigenvalue weighted by molar-refractivity contribution is 7.88. The molecule has 2 aromatic rings. The number of nitrogens with zero attached hydrogens (tertiary/aromatic N) is 2. The van der Waals surface area contributed by atoms with E-state index in [1.54, 1.807) is 11.1 Å². The topological polar surface area (TPSA) is 88.6 Å². The van der Waals surface area contributed by atoms with Gasteiger partial charge < -0.3 is 9.64 Å². The first-order valence-electron chi connectivity index (χ1n) is 8.37. The molecule has 1 N–H and O–H groups in total. The SMILES string of the molecule is CS(=O)(=O)NCc1cnc2c(c1)CN(C(=O)COc1ccc(F)cc1)CC2. The lowest BCUT2D eigenvalue weighted by Crippen LogP contribution is -2.39. The third kappa shape index (κ3) is 5.48. The second kappa shape index (κ2) is 8.01. The van der Waals surface area contributed by atoms with Gasteiger partial charge in [-0.3, -0.25) is 9.78 Å². The third-order valence-corrected chi connectivity index (χ3v) is 4.83. The van der Waals surface area contributed by atoms with Crippen molar-refractivity contribution in [2.75, 3.05) is 19.4 Å². The zero-order valence-corrected chi connectivity index (χ0v) is 15.6. The van der Waals surface area contributed by atoms with Crippen molar-refractivity contribution in [2.24, 2.45) is 0 Å². The molecule has 1 aromatic heterocycles. The molecule has 1 aliphatic heterocycles. The fraction of sp³-hybridized carbons (Fsp3) is 0.333. The van der Waals surface area contributed by atoms with Crippen molar-refractivity contribution in [3.8, 4) is 5.75 Å². The van der Waals surface area contributed by atoms with E-state index in [1.165, 1.54) is 24.3 Å². The van der Waals surface area contributed by atoms with E-state index < -0.39 is 10.0 Å². The van der Waals surface area contributed by atoms with Crippen LogP contribution in [0.3, 0.4) is 0 Å². The summed E-state index contributed by atoms with van der Waals surface area (Å²) >= 11 is 0. The molecule has 0 unspecified atom stereocenters. The minimum absolute atomic E-state index is 0.135. The van der Waals surface area contributed by atoms with Gasteiger partial charge in [0.15, 0.2) is 6.61 Å². The summed E-state index contributed by atoms with van der Waals surface area (Å²) in [6, 6.07) is 7.35. The molecule has 0 bridgehead atoms. The highest BCUT2D eigenvalue weighted by atomic mass is 32.2. The fourth-order valence-corrected chi connectivity index (χ4v) is 3.20. The maximum Gasteiger partial charge on any atom is 0.260 e. The first kappa shape index (κ1) is 19.2. The maximum absolute atomic E-state index is 12.9. The molecule has 27 heavy (non-hydrogen) atoms. The average Bonchev–Trinajstić information content (AvgIpc) is 2.64. The van der Waals surface area contributed by atoms with Crippen LogP contribution < -0.4 is 9.46 Å². The van der Waals surface area contributed by atoms with Gasteiger partial charge >= 0.3 is 0 Å². The van der Waals surface area contributed by atoms with Gasteiger partial charge in [0.05, 0.1) is 6.26 Å². The summed E-state index contributed by atoms with van der Waals surface area (Å²) in [7, 11) is -3.29. The van der Waals surface area contributed by atoms with Crippen LogP contribution in [0.25, 0.3) is 0 Å². The highest BCUT2D eigenvalue weighted by Crippen LogP contribution is 2.19. The van der Waals surface area contributed by atoms with Crippen LogP contribution >= 0.6 is 0 Å². The summed E-state index contributed by atoms with van der Waals surface area (Å²) in [5.74, 6) is -0.113. The Balaban J connectivity index is 1.60. The number of nitrogens with one attached hydrogen (secondary N) is 1. The van der Waals surface area contributed by atoms with Crippen LogP contribution in [0.2, 0.25) is 0 Å². The number of carbonyl (C=O) groups is 1. The summed E-state index contributed by atoms with van der Waals surface area (Å²) in [6.07, 6.45) is 3.36. The molecule has 0 fully saturated rings. The quantitative estimate of drug-likeness (QED) is 0.798. The number of pyridine rings is 1. The van der Waals surface area contributed by atoms with Crippen LogP contribution in [-0.4, -0.2) is 43.6 Å². The van der Waals surface area contributed by atoms with Gasteiger partial charge in [-0.05, 0) is 41.5 Å². The molecule has 0 spiro atoms. The standard InChI is InChI=1S/C18H20FN3O4S/c1-27(24,25)21-10-13-8-14-11-22(7-6-17(14)20-9-13)18(23)12-26-16-4-2-15(19)3-5-16/h2-5,8-9,21H,6-7,10-12H2,1H3. The Kier molecular flexibility index (Phi) is 5.71. The van der Waals surface area contributed by atoms with Gasteiger partial charge in [0, 0.05) is 37.9 Å². The van der Waals surface area contributed by atoms with Gasteiger partial charge in [0.25, 0.3) is 5.91 Å². The van der Waals surface area contributed by atoms with Gasteiger partial charge in [-0.25, -0.2) is 17.5 Å². The van der Waals surface area contributed by atoms with Crippen LogP contribution in [0, 0.1) is 5.82 Å². The number of benzene rings is 1. The zero-order valence-electron chi connectivity index (χ0n) is 14.8. The van der Waals surface area contributed by atoms with Crippen LogP contribution in [0.5, 0.6) is 5.75 Å². The van der Waals surface area contributed by atoms with E-state index in [4.69, 9.17) is 4.74 Å². The zero-order chi connectivity index (χ0) is 19.4. The Labute approximate surface area is 157 Å². The Hall–Kier alpha value is -2.52. The van der Waals surface area contributed by atoms with Crippen molar-refractivity contribution < 1.29 is 22.3 Å². The minimum atomic E-state index is -3.29. The van der Waals surface area contributed by atoms with E-state index in [2.05, 4.69) is 9.71 Å². The van der Waals surface area contributed by atoms with Crippen molar-refractivity contribution in [2.45, 2.75) is 19.5 Å². The summed E-state index contributed by atoms with van der Waals surface area (Å²) in [6.45, 7) is 0.942. The molecule has 0 saturated heterocycles. The van der Waals surface area contributed by atoms with Crippen molar-refractivity contribution in [1.82, 2.24) is 14.6 Å². The summed E-state index contributed by atoms with van der Waals surface area (Å²) in [5, 5.41) is 0. The second-order valence-corrected chi connectivity index (χ2v) is 8.18. The van der Waals surface area contributed by atoms with Gasteiger partial charge in [-0.1, -0.05) is 0 Å². The van der Waals surface area contributed by atoms with E-state index in [0.29, 0.717) is 25.3 Å². The molecule has 0 aliphatic carbocycles. The Morgan fingerprint density at radius 1 is 1.33 bits per heavy atom. The van der Waals surface area contributed by atoms with Crippen LogP contribution in [0.15, 0.2) is 36.5 Å². The second-order valence-electron chi connectivity index (χ2n) is 6.35. The van der Waals surface area contributed by atoms with E-state index in [0.717, 1.165) is 23.1 Å². The average molecular weight is 393 g/mol. The van der Waals surface area contributed by atoms with Gasteiger partial charge in [0.1, 0.15) is 11.6 Å². The summed E-state index contributed by atoms with van der Waals surface area (Å²) in [4.78, 5) is 18.4. The Bertz CT molecular complexity index is 932. The molecule has 1 amide bonds. The van der Waals surface area contributed by atoms with Crippen molar-refractivity contribution in [3.05, 3.63) is 59.2 Å². The lowest BCUT2D eigenvalue weighted by Gasteiger charge is -2.28. The molecular weight excluding hydrogens is 373 g/mol. The predicted octanol–water partition coefficient (Wildman–Crippen LogP) is 1.23. The number of halogens is 1. The molecule has 9 heteroatoms. The Morgan fingerprint density at radius 2 is 2.07 bits per heavy atom. The molecule has 1 aromatic carbocycles. The summed E-state index contributed by atoms with van der Waals surface area (Å²) in [5.41, 5.74) is 2.53. The van der Waals surface area contributed by atoms with Gasteiger partial charge in [-0.15, -0.1) is 0 Å². The van der Waals surface area contributed by atoms with E-state index in [-0.39, 0.29) is 24.9 Å². The molecule has 3 rings (SSSR count). The number of rotatable bonds is 6. The number of fused-ring (bicyclic) bond motifs is 1. The van der Waals surface area contributed by atoms with E-state index in [1.807, 2.05) is 6.07 Å². The first-order valence-corrected chi connectivity index (χ1v) is 10.3. The molecule has 0 saturated carbocycles. The Morgan fingerprint density at radius 3 is 2.78 bits per heavy atom. The molecule has 1 aliphatic rings. The predicted molar refractivity (Wildman–Crippen MR) is 96.9 cm³/mol. The number of aromatic nitrogens is 1. The number of ether oxygens (including phenoxy) is 1. The van der Waals surface area contributed by atoms with Crippen molar-refractivity contribution >= 4 is 15.9 Å². The molecule has 144 valence electrons. The minimum Gasteiger partial charge on any atom is -0.484 e. The number of hydrogen-bond acceptors (Lipinski definition) is 5. The molecule has 0 atom stereocenters. The van der Waals surface area contributed by atoms with Crippen LogP contribution in [0.1, 0.15) is 16.8 Å². The number of carbonyl (C=O) groups excluding carboxylic acids is 1. The van der Waals surface area contributed by atoms with Crippen LogP contribution in [-0.2, 0) is 34.3 Å². The van der Waals surface area contributed by atoms with Gasteiger partial charge in [-0.2, -0.15) is 0 Å². The van der Waals surface area contributed by atoms with E-state index >= 15 is 0 Å². The third-order valence-electron chi connectivity index (χ3n) is 4.16. The molecule has 7 nitrogen and oxygen atoms in total. The van der Waals surface area contributed by atoms with E-state index in [9.17, 15) is 17.6 Å². The number of amides is 1. The maximum atomic E-state index is 12.9. The van der Waals surface area contributed by atoms with Crippen molar-refractivity contribution in [1.29, 1.82) is 0 Å². The fourth-order valence-electron chi connectivity index (χ4n) is 2.77. The summed E-state index contributed by atoms with van der Waals surface area (Å²) < 4.78 is 43.2. The lowest BCUT2D eigenvalue weighted by atomic mass is 10.0. The number of hydrogen-bond donors (Lipinski definition) is 1. The molecular formula is C18H20FN3O4S.